The SMILES string of the molecule is NCC(O)CN1CCC2(CCCCC2)CC1. The zero-order valence-electron chi connectivity index (χ0n) is 10.3. The Hall–Kier alpha value is -0.120. The molecule has 0 aromatic rings. The largest absolute Gasteiger partial charge is 0.390 e. The molecule has 3 N–H and O–H groups in total. The molecule has 1 spiro atoms. The zero-order valence-corrected chi connectivity index (χ0v) is 10.3. The molecule has 3 heteroatoms. The predicted octanol–water partition coefficient (Wildman–Crippen LogP) is 1.35. The summed E-state index contributed by atoms with van der Waals surface area (Å²) in [5, 5.41) is 9.55. The second-order valence-electron chi connectivity index (χ2n) is 5.75. The molecule has 0 aromatic heterocycles. The van der Waals surface area contributed by atoms with E-state index in [1.165, 1.54) is 44.9 Å². The van der Waals surface area contributed by atoms with Gasteiger partial charge in [-0.15, -0.1) is 0 Å². The number of hydrogen-bond acceptors (Lipinski definition) is 3. The highest BCUT2D eigenvalue weighted by atomic mass is 16.3. The van der Waals surface area contributed by atoms with E-state index in [-0.39, 0.29) is 6.10 Å². The van der Waals surface area contributed by atoms with Crippen LogP contribution in [0.15, 0.2) is 0 Å². The zero-order chi connectivity index (χ0) is 11.4. The quantitative estimate of drug-likeness (QED) is 0.764. The molecule has 3 nitrogen and oxygen atoms in total. The highest BCUT2D eigenvalue weighted by molar-refractivity contribution is 4.88. The normalized spacial score (nSPS) is 28.1. The van der Waals surface area contributed by atoms with Crippen LogP contribution in [0.25, 0.3) is 0 Å². The maximum Gasteiger partial charge on any atom is 0.0789 e. The summed E-state index contributed by atoms with van der Waals surface area (Å²) in [7, 11) is 0. The minimum absolute atomic E-state index is 0.333. The molecule has 1 heterocycles. The van der Waals surface area contributed by atoms with Crippen LogP contribution in [0.1, 0.15) is 44.9 Å². The van der Waals surface area contributed by atoms with Crippen molar-refractivity contribution in [2.45, 2.75) is 51.0 Å². The number of hydrogen-bond donors (Lipinski definition) is 2. The van der Waals surface area contributed by atoms with Crippen LogP contribution in [-0.2, 0) is 0 Å². The first-order valence-electron chi connectivity index (χ1n) is 6.85. The van der Waals surface area contributed by atoms with Crippen molar-refractivity contribution in [3.05, 3.63) is 0 Å². The number of β-amino-alcohol motifs (C(OH)–C–C–N with tert-alkyl or cyclic N) is 1. The molecule has 1 saturated carbocycles. The monoisotopic (exact) mass is 226 g/mol. The average Bonchev–Trinajstić information content (AvgIpc) is 2.33. The van der Waals surface area contributed by atoms with Gasteiger partial charge in [0.1, 0.15) is 0 Å². The summed E-state index contributed by atoms with van der Waals surface area (Å²) in [6, 6.07) is 0. The minimum atomic E-state index is -0.333. The van der Waals surface area contributed by atoms with Gasteiger partial charge in [0, 0.05) is 13.1 Å². The first-order chi connectivity index (χ1) is 7.74. The predicted molar refractivity (Wildman–Crippen MR) is 66.3 cm³/mol. The van der Waals surface area contributed by atoms with E-state index in [4.69, 9.17) is 5.73 Å². The summed E-state index contributed by atoms with van der Waals surface area (Å²) in [5.41, 5.74) is 6.12. The van der Waals surface area contributed by atoms with Gasteiger partial charge in [-0.3, -0.25) is 0 Å². The van der Waals surface area contributed by atoms with E-state index in [9.17, 15) is 5.11 Å². The Labute approximate surface area is 99.0 Å². The van der Waals surface area contributed by atoms with Crippen LogP contribution in [0.4, 0.5) is 0 Å². The van der Waals surface area contributed by atoms with Crippen LogP contribution in [0, 0.1) is 5.41 Å². The molecule has 0 radical (unpaired) electrons. The topological polar surface area (TPSA) is 49.5 Å². The number of likely N-dealkylation sites (tertiary alicyclic amines) is 1. The van der Waals surface area contributed by atoms with Crippen LogP contribution >= 0.6 is 0 Å². The molecule has 1 aliphatic carbocycles. The third-order valence-corrected chi connectivity index (χ3v) is 4.57. The lowest BCUT2D eigenvalue weighted by Gasteiger charge is -2.44. The van der Waals surface area contributed by atoms with Gasteiger partial charge in [0.2, 0.25) is 0 Å². The second kappa shape index (κ2) is 5.48. The smallest absolute Gasteiger partial charge is 0.0789 e. The molecule has 0 aromatic carbocycles. The lowest BCUT2D eigenvalue weighted by molar-refractivity contribution is 0.0405. The van der Waals surface area contributed by atoms with Crippen LogP contribution in [0.2, 0.25) is 0 Å². The third kappa shape index (κ3) is 2.96. The Morgan fingerprint density at radius 2 is 1.69 bits per heavy atom. The van der Waals surface area contributed by atoms with Crippen molar-refractivity contribution >= 4 is 0 Å². The fraction of sp³-hybridized carbons (Fsp3) is 1.00. The maximum atomic E-state index is 9.55. The molecule has 2 fully saturated rings. The van der Waals surface area contributed by atoms with Crippen molar-refractivity contribution in [3.8, 4) is 0 Å². The Morgan fingerprint density at radius 3 is 2.25 bits per heavy atom. The number of aliphatic hydroxyl groups is 1. The van der Waals surface area contributed by atoms with Crippen molar-refractivity contribution < 1.29 is 5.11 Å². The minimum Gasteiger partial charge on any atom is -0.390 e. The molecule has 1 atom stereocenters. The average molecular weight is 226 g/mol. The second-order valence-corrected chi connectivity index (χ2v) is 5.75. The van der Waals surface area contributed by atoms with Crippen LogP contribution in [0.3, 0.4) is 0 Å². The molecule has 0 bridgehead atoms. The van der Waals surface area contributed by atoms with Gasteiger partial charge in [0.15, 0.2) is 0 Å². The Kier molecular flexibility index (Phi) is 4.22. The summed E-state index contributed by atoms with van der Waals surface area (Å²) < 4.78 is 0. The molecule has 2 aliphatic rings. The first-order valence-corrected chi connectivity index (χ1v) is 6.85. The summed E-state index contributed by atoms with van der Waals surface area (Å²) in [4.78, 5) is 2.39. The molecule has 0 amide bonds. The summed E-state index contributed by atoms with van der Waals surface area (Å²) >= 11 is 0. The highest BCUT2D eigenvalue weighted by Gasteiger charge is 2.35. The molecular formula is C13H26N2O. The molecule has 16 heavy (non-hydrogen) atoms. The lowest BCUT2D eigenvalue weighted by Crippen LogP contribution is -2.45. The molecule has 1 unspecified atom stereocenters. The van der Waals surface area contributed by atoms with E-state index in [1.807, 2.05) is 0 Å². The first kappa shape index (κ1) is 12.3. The molecule has 1 saturated heterocycles. The van der Waals surface area contributed by atoms with Crippen molar-refractivity contribution in [2.24, 2.45) is 11.1 Å². The summed E-state index contributed by atoms with van der Waals surface area (Å²) in [5.74, 6) is 0. The van der Waals surface area contributed by atoms with Crippen molar-refractivity contribution in [1.82, 2.24) is 4.90 Å². The van der Waals surface area contributed by atoms with Gasteiger partial charge in [-0.2, -0.15) is 0 Å². The van der Waals surface area contributed by atoms with Gasteiger partial charge in [0.25, 0.3) is 0 Å². The van der Waals surface area contributed by atoms with Gasteiger partial charge in [-0.25, -0.2) is 0 Å². The van der Waals surface area contributed by atoms with Crippen LogP contribution < -0.4 is 5.73 Å². The Morgan fingerprint density at radius 1 is 1.06 bits per heavy atom. The molecule has 1 aliphatic heterocycles. The van der Waals surface area contributed by atoms with Gasteiger partial charge in [-0.05, 0) is 44.2 Å². The number of rotatable bonds is 3. The lowest BCUT2D eigenvalue weighted by atomic mass is 9.68. The van der Waals surface area contributed by atoms with Gasteiger partial charge in [0.05, 0.1) is 6.10 Å². The van der Waals surface area contributed by atoms with E-state index < -0.39 is 0 Å². The number of aliphatic hydroxyl groups excluding tert-OH is 1. The standard InChI is InChI=1S/C13H26N2O/c14-10-12(16)11-15-8-6-13(7-9-15)4-2-1-3-5-13/h12,16H,1-11,14H2. The summed E-state index contributed by atoms with van der Waals surface area (Å²) in [6.45, 7) is 3.49. The van der Waals surface area contributed by atoms with E-state index in [0.717, 1.165) is 19.6 Å². The van der Waals surface area contributed by atoms with Crippen molar-refractivity contribution in [1.29, 1.82) is 0 Å². The number of piperidine rings is 1. The third-order valence-electron chi connectivity index (χ3n) is 4.57. The number of nitrogens with zero attached hydrogens (tertiary/aromatic N) is 1. The molecule has 94 valence electrons. The van der Waals surface area contributed by atoms with E-state index >= 15 is 0 Å². The molecular weight excluding hydrogens is 200 g/mol. The maximum absolute atomic E-state index is 9.55. The van der Waals surface area contributed by atoms with Crippen LogP contribution in [0.5, 0.6) is 0 Å². The number of nitrogens with two attached hydrogens (primary N) is 1. The van der Waals surface area contributed by atoms with Crippen molar-refractivity contribution in [2.75, 3.05) is 26.2 Å². The Bertz CT molecular complexity index is 204. The molecule has 2 rings (SSSR count). The fourth-order valence-corrected chi connectivity index (χ4v) is 3.38. The van der Waals surface area contributed by atoms with Crippen molar-refractivity contribution in [3.63, 3.8) is 0 Å². The van der Waals surface area contributed by atoms with Crippen LogP contribution in [-0.4, -0.2) is 42.3 Å². The highest BCUT2D eigenvalue weighted by Crippen LogP contribution is 2.44. The Balaban J connectivity index is 1.77. The van der Waals surface area contributed by atoms with Gasteiger partial charge in [-0.1, -0.05) is 19.3 Å². The summed E-state index contributed by atoms with van der Waals surface area (Å²) in [6.07, 6.45) is 9.55. The van der Waals surface area contributed by atoms with E-state index in [0.29, 0.717) is 12.0 Å². The van der Waals surface area contributed by atoms with E-state index in [1.54, 1.807) is 0 Å². The van der Waals surface area contributed by atoms with Gasteiger partial charge >= 0.3 is 0 Å². The fourth-order valence-electron chi connectivity index (χ4n) is 3.38. The van der Waals surface area contributed by atoms with E-state index in [2.05, 4.69) is 4.90 Å². The van der Waals surface area contributed by atoms with Gasteiger partial charge < -0.3 is 15.7 Å².